The Morgan fingerprint density at radius 3 is 2.13 bits per heavy atom. The number of carboxylic acids is 1. The minimum Gasteiger partial charge on any atom is -0.480 e. The second-order valence-corrected chi connectivity index (χ2v) is 8.33. The molecule has 1 atom stereocenters. The minimum absolute atomic E-state index is 0.236. The van der Waals surface area contributed by atoms with Gasteiger partial charge in [0.2, 0.25) is 5.91 Å². The quantitative estimate of drug-likeness (QED) is 0.181. The third-order valence-corrected chi connectivity index (χ3v) is 5.11. The molecule has 6 nitrogen and oxygen atoms in total. The predicted molar refractivity (Wildman–Crippen MR) is 123 cm³/mol. The van der Waals surface area contributed by atoms with Gasteiger partial charge in [0.25, 0.3) is 0 Å². The second kappa shape index (κ2) is 16.5. The zero-order valence-electron chi connectivity index (χ0n) is 18.7. The fraction of sp³-hybridized carbons (Fsp3) is 0.522. The molecule has 0 bridgehead atoms. The highest BCUT2D eigenvalue weighted by molar-refractivity contribution is 7.99. The number of carbonyl (C=O) groups excluding carboxylic acids is 2. The number of ether oxygens (including phenoxy) is 1. The van der Waals surface area contributed by atoms with Crippen LogP contribution in [0.1, 0.15) is 53.4 Å². The van der Waals surface area contributed by atoms with Crippen molar-refractivity contribution in [3.05, 3.63) is 47.1 Å². The predicted octanol–water partition coefficient (Wildman–Crippen LogP) is 4.44. The van der Waals surface area contributed by atoms with Gasteiger partial charge in [-0.3, -0.25) is 4.79 Å². The van der Waals surface area contributed by atoms with E-state index in [0.717, 1.165) is 37.8 Å². The van der Waals surface area contributed by atoms with Crippen LogP contribution in [0.15, 0.2) is 47.1 Å². The lowest BCUT2D eigenvalue weighted by Gasteiger charge is -2.12. The van der Waals surface area contributed by atoms with Crippen molar-refractivity contribution in [2.75, 3.05) is 18.6 Å². The fourth-order valence-electron chi connectivity index (χ4n) is 2.33. The van der Waals surface area contributed by atoms with Gasteiger partial charge in [-0.05, 0) is 53.4 Å². The van der Waals surface area contributed by atoms with Crippen molar-refractivity contribution >= 4 is 29.6 Å². The Hall–Kier alpha value is -2.28. The largest absolute Gasteiger partial charge is 0.480 e. The van der Waals surface area contributed by atoms with E-state index in [1.165, 1.54) is 35.6 Å². The maximum Gasteiger partial charge on any atom is 0.330 e. The van der Waals surface area contributed by atoms with E-state index in [2.05, 4.69) is 56.0 Å². The molecule has 0 rings (SSSR count). The molecular formula is C23H35NO5S. The standard InChI is InChI=1S/C23H35NO5S/c1-17(2)8-6-9-18(3)10-7-11-19(4)14-15-30-16-20(23(27)28)24-21(25)12-13-22(26)29-5/h8,10,12-14,20H,6-7,9,11,15-16H2,1-5H3,(H,24,25)(H,27,28). The smallest absolute Gasteiger partial charge is 0.330 e. The third kappa shape index (κ3) is 15.6. The Morgan fingerprint density at radius 2 is 1.57 bits per heavy atom. The topological polar surface area (TPSA) is 92.7 Å². The molecule has 0 aromatic carbocycles. The summed E-state index contributed by atoms with van der Waals surface area (Å²) in [6.07, 6.45) is 12.7. The molecule has 0 saturated heterocycles. The first-order chi connectivity index (χ1) is 14.1. The summed E-state index contributed by atoms with van der Waals surface area (Å²) < 4.78 is 4.38. The lowest BCUT2D eigenvalue weighted by atomic mass is 10.1. The minimum atomic E-state index is -1.11. The number of carbonyl (C=O) groups is 3. The van der Waals surface area contributed by atoms with Crippen LogP contribution in [0.5, 0.6) is 0 Å². The van der Waals surface area contributed by atoms with Crippen molar-refractivity contribution in [3.63, 3.8) is 0 Å². The highest BCUT2D eigenvalue weighted by Crippen LogP contribution is 2.13. The number of nitrogens with one attached hydrogen (secondary N) is 1. The van der Waals surface area contributed by atoms with E-state index in [1.807, 2.05) is 0 Å². The number of hydrogen-bond acceptors (Lipinski definition) is 5. The Bertz CT molecular complexity index is 688. The number of hydrogen-bond donors (Lipinski definition) is 2. The molecule has 0 aromatic heterocycles. The van der Waals surface area contributed by atoms with Crippen LogP contribution in [-0.4, -0.2) is 47.6 Å². The first-order valence-electron chi connectivity index (χ1n) is 9.97. The lowest BCUT2D eigenvalue weighted by Crippen LogP contribution is -2.42. The van der Waals surface area contributed by atoms with Gasteiger partial charge in [0.15, 0.2) is 0 Å². The van der Waals surface area contributed by atoms with Gasteiger partial charge < -0.3 is 15.2 Å². The summed E-state index contributed by atoms with van der Waals surface area (Å²) in [4.78, 5) is 34.0. The Morgan fingerprint density at radius 1 is 0.967 bits per heavy atom. The van der Waals surface area contributed by atoms with E-state index in [0.29, 0.717) is 5.75 Å². The zero-order chi connectivity index (χ0) is 22.9. The van der Waals surface area contributed by atoms with E-state index >= 15 is 0 Å². The monoisotopic (exact) mass is 437 g/mol. The number of amides is 1. The van der Waals surface area contributed by atoms with E-state index in [4.69, 9.17) is 0 Å². The van der Waals surface area contributed by atoms with Gasteiger partial charge in [-0.25, -0.2) is 9.59 Å². The summed E-state index contributed by atoms with van der Waals surface area (Å²) in [5.74, 6) is -1.53. The second-order valence-electron chi connectivity index (χ2n) is 7.25. The van der Waals surface area contributed by atoms with Crippen molar-refractivity contribution in [1.82, 2.24) is 5.32 Å². The number of aliphatic carboxylic acids is 1. The first kappa shape index (κ1) is 27.7. The molecule has 0 aromatic rings. The van der Waals surface area contributed by atoms with Gasteiger partial charge >= 0.3 is 11.9 Å². The van der Waals surface area contributed by atoms with Crippen molar-refractivity contribution in [2.45, 2.75) is 59.4 Å². The van der Waals surface area contributed by atoms with Crippen LogP contribution >= 0.6 is 11.8 Å². The van der Waals surface area contributed by atoms with E-state index in [-0.39, 0.29) is 5.75 Å². The van der Waals surface area contributed by atoms with Crippen molar-refractivity contribution in [1.29, 1.82) is 0 Å². The maximum absolute atomic E-state index is 11.7. The molecule has 0 radical (unpaired) electrons. The number of thioether (sulfide) groups is 1. The fourth-order valence-corrected chi connectivity index (χ4v) is 3.33. The highest BCUT2D eigenvalue weighted by Gasteiger charge is 2.18. The number of allylic oxidation sites excluding steroid dienone is 5. The Kier molecular flexibility index (Phi) is 15.3. The normalized spacial score (nSPS) is 13.1. The average molecular weight is 438 g/mol. The van der Waals surface area contributed by atoms with Gasteiger partial charge in [-0.15, -0.1) is 0 Å². The summed E-state index contributed by atoms with van der Waals surface area (Å²) >= 11 is 1.43. The molecule has 2 N–H and O–H groups in total. The van der Waals surface area contributed by atoms with E-state index in [9.17, 15) is 19.5 Å². The van der Waals surface area contributed by atoms with Crippen LogP contribution in [0.4, 0.5) is 0 Å². The molecule has 0 spiro atoms. The first-order valence-corrected chi connectivity index (χ1v) is 11.1. The molecule has 0 aliphatic rings. The van der Waals surface area contributed by atoms with Crippen LogP contribution in [0, 0.1) is 0 Å². The van der Waals surface area contributed by atoms with Gasteiger partial charge in [0, 0.05) is 23.7 Å². The van der Waals surface area contributed by atoms with Crippen LogP contribution in [0.25, 0.3) is 0 Å². The van der Waals surface area contributed by atoms with E-state index in [1.54, 1.807) is 0 Å². The van der Waals surface area contributed by atoms with E-state index < -0.39 is 23.9 Å². The molecule has 7 heteroatoms. The molecule has 1 amide bonds. The number of rotatable bonds is 14. The number of methoxy groups -OCH3 is 1. The van der Waals surface area contributed by atoms with Crippen LogP contribution in [-0.2, 0) is 19.1 Å². The van der Waals surface area contributed by atoms with Crippen molar-refractivity contribution < 1.29 is 24.2 Å². The average Bonchev–Trinajstić information content (AvgIpc) is 2.67. The van der Waals surface area contributed by atoms with Crippen LogP contribution in [0.2, 0.25) is 0 Å². The van der Waals surface area contributed by atoms with Crippen LogP contribution < -0.4 is 5.32 Å². The molecule has 0 aliphatic heterocycles. The molecule has 0 saturated carbocycles. The van der Waals surface area contributed by atoms with Crippen molar-refractivity contribution in [2.24, 2.45) is 0 Å². The molecule has 0 heterocycles. The van der Waals surface area contributed by atoms with Gasteiger partial charge in [0.05, 0.1) is 7.11 Å². The molecule has 30 heavy (non-hydrogen) atoms. The summed E-state index contributed by atoms with van der Waals surface area (Å²) in [6, 6.07) is -1.02. The van der Waals surface area contributed by atoms with Crippen molar-refractivity contribution in [3.8, 4) is 0 Å². The number of carboxylic acid groups (broad SMARTS) is 1. The van der Waals surface area contributed by atoms with Crippen LogP contribution in [0.3, 0.4) is 0 Å². The number of esters is 1. The molecule has 168 valence electrons. The molecular weight excluding hydrogens is 402 g/mol. The maximum atomic E-state index is 11.7. The molecule has 1 unspecified atom stereocenters. The summed E-state index contributed by atoms with van der Waals surface area (Å²) in [5.41, 5.74) is 4.00. The lowest BCUT2D eigenvalue weighted by molar-refractivity contribution is -0.140. The van der Waals surface area contributed by atoms with Gasteiger partial charge in [-0.2, -0.15) is 11.8 Å². The highest BCUT2D eigenvalue weighted by atomic mass is 32.2. The zero-order valence-corrected chi connectivity index (χ0v) is 19.5. The third-order valence-electron chi connectivity index (χ3n) is 4.14. The molecule has 0 fully saturated rings. The Balaban J connectivity index is 4.30. The summed E-state index contributed by atoms with van der Waals surface area (Å²) in [5, 5.41) is 11.6. The van der Waals surface area contributed by atoms with Gasteiger partial charge in [0.1, 0.15) is 6.04 Å². The Labute approximate surface area is 184 Å². The summed E-state index contributed by atoms with van der Waals surface area (Å²) in [7, 11) is 1.19. The van der Waals surface area contributed by atoms with Gasteiger partial charge in [-0.1, -0.05) is 34.9 Å². The molecule has 0 aliphatic carbocycles. The summed E-state index contributed by atoms with van der Waals surface area (Å²) in [6.45, 7) is 8.45. The SMILES string of the molecule is COC(=O)C=CC(=O)NC(CSCC=C(C)CCC=C(C)CCC=C(C)C)C(=O)O.